The van der Waals surface area contributed by atoms with Gasteiger partial charge in [0.25, 0.3) is 0 Å². The molecule has 2 N–H and O–H groups in total. The second-order valence-corrected chi connectivity index (χ2v) is 6.95. The number of aromatic carboxylic acids is 1. The molecule has 0 bridgehead atoms. The number of nitrogens with zero attached hydrogens (tertiary/aromatic N) is 1. The zero-order valence-corrected chi connectivity index (χ0v) is 16.6. The Hall–Kier alpha value is -3.32. The summed E-state index contributed by atoms with van der Waals surface area (Å²) in [5.74, 6) is -1.58. The Morgan fingerprint density at radius 2 is 1.90 bits per heavy atom. The molecule has 150 valence electrons. The van der Waals surface area contributed by atoms with Crippen LogP contribution in [0.15, 0.2) is 59.8 Å². The molecule has 1 heterocycles. The zero-order chi connectivity index (χ0) is 21.1. The van der Waals surface area contributed by atoms with E-state index < -0.39 is 18.0 Å². The number of hydrogen-bond donors (Lipinski definition) is 2. The van der Waals surface area contributed by atoms with E-state index in [1.54, 1.807) is 43.3 Å². The van der Waals surface area contributed by atoms with E-state index in [4.69, 9.17) is 21.4 Å². The van der Waals surface area contributed by atoms with E-state index in [0.717, 1.165) is 5.56 Å². The van der Waals surface area contributed by atoms with Crippen molar-refractivity contribution in [2.24, 2.45) is 0 Å². The molecule has 0 spiro atoms. The van der Waals surface area contributed by atoms with Gasteiger partial charge >= 0.3 is 18.0 Å². The van der Waals surface area contributed by atoms with Gasteiger partial charge in [-0.1, -0.05) is 35.9 Å². The van der Waals surface area contributed by atoms with Gasteiger partial charge in [-0.15, -0.1) is 0 Å². The number of urea groups is 1. The van der Waals surface area contributed by atoms with Crippen LogP contribution in [0.3, 0.4) is 0 Å². The molecule has 7 nitrogen and oxygen atoms in total. The lowest BCUT2D eigenvalue weighted by molar-refractivity contribution is -0.136. The normalized spacial score (nSPS) is 16.4. The Balaban J connectivity index is 1.98. The molecule has 0 saturated heterocycles. The lowest BCUT2D eigenvalue weighted by Gasteiger charge is -2.35. The van der Waals surface area contributed by atoms with E-state index >= 15 is 0 Å². The molecule has 0 aromatic heterocycles. The number of carboxylic acids is 1. The molecule has 1 aliphatic rings. The van der Waals surface area contributed by atoms with Crippen molar-refractivity contribution in [3.05, 3.63) is 81.5 Å². The number of ether oxygens (including phenoxy) is 1. The van der Waals surface area contributed by atoms with E-state index in [-0.39, 0.29) is 18.1 Å². The number of esters is 1. The Morgan fingerprint density at radius 3 is 2.48 bits per heavy atom. The Morgan fingerprint density at radius 1 is 1.21 bits per heavy atom. The van der Waals surface area contributed by atoms with Crippen molar-refractivity contribution >= 4 is 29.6 Å². The van der Waals surface area contributed by atoms with Crippen molar-refractivity contribution < 1.29 is 24.2 Å². The van der Waals surface area contributed by atoms with Crippen LogP contribution in [0.5, 0.6) is 0 Å². The molecule has 8 heteroatoms. The molecule has 3 rings (SSSR count). The van der Waals surface area contributed by atoms with Gasteiger partial charge in [0, 0.05) is 10.7 Å². The molecular formula is C21H19ClN2O5. The highest BCUT2D eigenvalue weighted by atomic mass is 35.5. The first kappa shape index (κ1) is 20.4. The van der Waals surface area contributed by atoms with Crippen molar-refractivity contribution in [1.82, 2.24) is 10.2 Å². The SMILES string of the molecule is COC(=O)C1=C(C)N(Cc2ccc(C(=O)O)cc2)C(=O)NC1c1cccc(Cl)c1. The molecule has 1 atom stereocenters. The Labute approximate surface area is 172 Å². The van der Waals surface area contributed by atoms with E-state index in [0.29, 0.717) is 21.9 Å². The smallest absolute Gasteiger partial charge is 0.337 e. The fraction of sp³-hybridized carbons (Fsp3) is 0.190. The number of benzene rings is 2. The lowest BCUT2D eigenvalue weighted by Crippen LogP contribution is -2.47. The Kier molecular flexibility index (Phi) is 5.89. The molecule has 0 saturated carbocycles. The second-order valence-electron chi connectivity index (χ2n) is 6.52. The van der Waals surface area contributed by atoms with Crippen molar-refractivity contribution in [2.75, 3.05) is 7.11 Å². The fourth-order valence-electron chi connectivity index (χ4n) is 3.22. The molecule has 1 aliphatic heterocycles. The molecule has 2 aromatic rings. The average molecular weight is 415 g/mol. The molecule has 0 fully saturated rings. The first-order chi connectivity index (χ1) is 13.8. The summed E-state index contributed by atoms with van der Waals surface area (Å²) < 4.78 is 4.94. The number of halogens is 1. The van der Waals surface area contributed by atoms with Gasteiger partial charge in [0.15, 0.2) is 0 Å². The summed E-state index contributed by atoms with van der Waals surface area (Å²) >= 11 is 6.07. The van der Waals surface area contributed by atoms with Crippen LogP contribution in [-0.4, -0.2) is 35.1 Å². The summed E-state index contributed by atoms with van der Waals surface area (Å²) in [7, 11) is 1.28. The molecule has 29 heavy (non-hydrogen) atoms. The largest absolute Gasteiger partial charge is 0.478 e. The monoisotopic (exact) mass is 414 g/mol. The van der Waals surface area contributed by atoms with Crippen LogP contribution >= 0.6 is 11.6 Å². The number of allylic oxidation sites excluding steroid dienone is 1. The van der Waals surface area contributed by atoms with Crippen LogP contribution in [0.2, 0.25) is 5.02 Å². The van der Waals surface area contributed by atoms with Gasteiger partial charge in [-0.2, -0.15) is 0 Å². The summed E-state index contributed by atoms with van der Waals surface area (Å²) in [6.07, 6.45) is 0. The van der Waals surface area contributed by atoms with Gasteiger partial charge in [-0.05, 0) is 42.3 Å². The lowest BCUT2D eigenvalue weighted by atomic mass is 9.94. The van der Waals surface area contributed by atoms with Gasteiger partial charge in [-0.25, -0.2) is 14.4 Å². The quantitative estimate of drug-likeness (QED) is 0.726. The molecular weight excluding hydrogens is 396 g/mol. The van der Waals surface area contributed by atoms with Gasteiger partial charge in [-0.3, -0.25) is 4.90 Å². The number of methoxy groups -OCH3 is 1. The molecule has 2 amide bonds. The highest BCUT2D eigenvalue weighted by Crippen LogP contribution is 2.33. The van der Waals surface area contributed by atoms with Gasteiger partial charge in [0.05, 0.1) is 30.8 Å². The minimum absolute atomic E-state index is 0.153. The maximum Gasteiger partial charge on any atom is 0.337 e. The Bertz CT molecular complexity index is 1000. The van der Waals surface area contributed by atoms with Crippen LogP contribution in [0.4, 0.5) is 4.79 Å². The van der Waals surface area contributed by atoms with Crippen molar-refractivity contribution in [1.29, 1.82) is 0 Å². The summed E-state index contributed by atoms with van der Waals surface area (Å²) in [4.78, 5) is 37.8. The maximum absolute atomic E-state index is 12.8. The van der Waals surface area contributed by atoms with Crippen LogP contribution in [0.25, 0.3) is 0 Å². The number of nitrogens with one attached hydrogen (secondary N) is 1. The third-order valence-electron chi connectivity index (χ3n) is 4.73. The minimum atomic E-state index is -1.03. The van der Waals surface area contributed by atoms with Gasteiger partial charge in [0.2, 0.25) is 0 Å². The van der Waals surface area contributed by atoms with Crippen LogP contribution in [0, 0.1) is 0 Å². The first-order valence-electron chi connectivity index (χ1n) is 8.76. The van der Waals surface area contributed by atoms with Crippen LogP contribution in [-0.2, 0) is 16.1 Å². The van der Waals surface area contributed by atoms with Crippen molar-refractivity contribution in [3.63, 3.8) is 0 Å². The van der Waals surface area contributed by atoms with E-state index in [1.165, 1.54) is 24.1 Å². The number of carbonyl (C=O) groups is 3. The highest BCUT2D eigenvalue weighted by molar-refractivity contribution is 6.30. The minimum Gasteiger partial charge on any atom is -0.478 e. The summed E-state index contributed by atoms with van der Waals surface area (Å²) in [6.45, 7) is 1.84. The predicted octanol–water partition coefficient (Wildman–Crippen LogP) is 3.75. The summed E-state index contributed by atoms with van der Waals surface area (Å²) in [6, 6.07) is 12.0. The fourth-order valence-corrected chi connectivity index (χ4v) is 3.42. The number of hydrogen-bond acceptors (Lipinski definition) is 4. The van der Waals surface area contributed by atoms with Crippen molar-refractivity contribution in [3.8, 4) is 0 Å². The van der Waals surface area contributed by atoms with Crippen LogP contribution in [0.1, 0.15) is 34.5 Å². The maximum atomic E-state index is 12.8. The first-order valence-corrected chi connectivity index (χ1v) is 9.14. The highest BCUT2D eigenvalue weighted by Gasteiger charge is 2.36. The third-order valence-corrected chi connectivity index (χ3v) is 4.96. The van der Waals surface area contributed by atoms with E-state index in [1.807, 2.05) is 0 Å². The number of carbonyl (C=O) groups excluding carboxylic acids is 2. The molecule has 1 unspecified atom stereocenters. The average Bonchev–Trinajstić information content (AvgIpc) is 2.70. The summed E-state index contributed by atoms with van der Waals surface area (Å²) in [5.41, 5.74) is 2.29. The van der Waals surface area contributed by atoms with Crippen LogP contribution < -0.4 is 5.32 Å². The third kappa shape index (κ3) is 4.25. The number of carboxylic acid groups (broad SMARTS) is 1. The topological polar surface area (TPSA) is 95.9 Å². The standard InChI is InChI=1S/C21H19ClN2O5/c1-12-17(20(27)29-2)18(15-4-3-5-16(22)10-15)23-21(28)24(12)11-13-6-8-14(9-7-13)19(25)26/h3-10,18H,11H2,1-2H3,(H,23,28)(H,25,26). The predicted molar refractivity (Wildman–Crippen MR) is 106 cm³/mol. The van der Waals surface area contributed by atoms with Gasteiger partial charge in [0.1, 0.15) is 0 Å². The second kappa shape index (κ2) is 8.36. The molecule has 0 aliphatic carbocycles. The van der Waals surface area contributed by atoms with Gasteiger partial charge < -0.3 is 15.2 Å². The van der Waals surface area contributed by atoms with E-state index in [2.05, 4.69) is 5.32 Å². The van der Waals surface area contributed by atoms with E-state index in [9.17, 15) is 14.4 Å². The van der Waals surface area contributed by atoms with Crippen molar-refractivity contribution in [2.45, 2.75) is 19.5 Å². The zero-order valence-electron chi connectivity index (χ0n) is 15.8. The molecule has 2 aromatic carbocycles. The number of amides is 2. The summed E-state index contributed by atoms with van der Waals surface area (Å²) in [5, 5.41) is 12.3. The molecule has 0 radical (unpaired) electrons. The number of rotatable bonds is 5.